The van der Waals surface area contributed by atoms with Gasteiger partial charge in [0.15, 0.2) is 0 Å². The third kappa shape index (κ3) is 2.75. The van der Waals surface area contributed by atoms with Gasteiger partial charge in [-0.15, -0.1) is 11.3 Å². The van der Waals surface area contributed by atoms with Gasteiger partial charge < -0.3 is 9.47 Å². The van der Waals surface area contributed by atoms with Crippen LogP contribution in [0.2, 0.25) is 0 Å². The van der Waals surface area contributed by atoms with Gasteiger partial charge in [-0.3, -0.25) is 0 Å². The number of nitrogens with zero attached hydrogens (tertiary/aromatic N) is 3. The standard InChI is InChI=1S/C21H21N3S/c1-2-10-23(9-1)12-13-24-11-8-18-17(4-3-5-20(18)24)16-6-7-19-21(14-16)25-15-22-19/h3-8,11,14-15H,1-2,9-10,12-13H2. The quantitative estimate of drug-likeness (QED) is 0.517. The number of fused-ring (bicyclic) bond motifs is 2. The maximum atomic E-state index is 4.39. The Hall–Kier alpha value is -2.17. The molecule has 4 heteroatoms. The molecule has 1 aliphatic heterocycles. The van der Waals surface area contributed by atoms with E-state index in [1.807, 2.05) is 5.51 Å². The Bertz CT molecular complexity index is 1020. The summed E-state index contributed by atoms with van der Waals surface area (Å²) < 4.78 is 3.66. The van der Waals surface area contributed by atoms with E-state index in [4.69, 9.17) is 0 Å². The van der Waals surface area contributed by atoms with E-state index in [1.165, 1.54) is 52.7 Å². The summed E-state index contributed by atoms with van der Waals surface area (Å²) in [6.45, 7) is 4.75. The Morgan fingerprint density at radius 1 is 1.00 bits per heavy atom. The molecule has 4 aromatic rings. The normalized spacial score (nSPS) is 15.5. The zero-order chi connectivity index (χ0) is 16.6. The van der Waals surface area contributed by atoms with Crippen LogP contribution in [0.4, 0.5) is 0 Å². The lowest BCUT2D eigenvalue weighted by atomic mass is 10.0. The molecule has 0 radical (unpaired) electrons. The van der Waals surface area contributed by atoms with E-state index in [0.717, 1.165) is 18.6 Å². The van der Waals surface area contributed by atoms with Gasteiger partial charge in [-0.05, 0) is 61.3 Å². The van der Waals surface area contributed by atoms with Crippen molar-refractivity contribution in [1.82, 2.24) is 14.5 Å². The van der Waals surface area contributed by atoms with Crippen LogP contribution in [0.3, 0.4) is 0 Å². The summed E-state index contributed by atoms with van der Waals surface area (Å²) in [4.78, 5) is 6.97. The molecule has 1 saturated heterocycles. The van der Waals surface area contributed by atoms with Gasteiger partial charge in [0, 0.05) is 30.2 Å². The fraction of sp³-hybridized carbons (Fsp3) is 0.286. The Labute approximate surface area is 151 Å². The molecule has 25 heavy (non-hydrogen) atoms. The molecular formula is C21H21N3S. The molecular weight excluding hydrogens is 326 g/mol. The van der Waals surface area contributed by atoms with Crippen molar-refractivity contribution in [2.75, 3.05) is 19.6 Å². The van der Waals surface area contributed by atoms with E-state index in [9.17, 15) is 0 Å². The molecule has 5 rings (SSSR count). The van der Waals surface area contributed by atoms with Crippen LogP contribution >= 0.6 is 11.3 Å². The molecule has 0 spiro atoms. The van der Waals surface area contributed by atoms with Crippen molar-refractivity contribution in [3.8, 4) is 11.1 Å². The van der Waals surface area contributed by atoms with Gasteiger partial charge in [0.1, 0.15) is 0 Å². The van der Waals surface area contributed by atoms with Crippen LogP contribution in [0.25, 0.3) is 32.2 Å². The van der Waals surface area contributed by atoms with Gasteiger partial charge in [0.25, 0.3) is 0 Å². The van der Waals surface area contributed by atoms with E-state index >= 15 is 0 Å². The molecule has 0 atom stereocenters. The lowest BCUT2D eigenvalue weighted by Crippen LogP contribution is -2.23. The molecule has 3 heterocycles. The second kappa shape index (κ2) is 6.28. The highest BCUT2D eigenvalue weighted by atomic mass is 32.1. The van der Waals surface area contributed by atoms with Gasteiger partial charge in [-0.25, -0.2) is 4.98 Å². The van der Waals surface area contributed by atoms with Crippen molar-refractivity contribution in [1.29, 1.82) is 0 Å². The van der Waals surface area contributed by atoms with Crippen molar-refractivity contribution >= 4 is 32.5 Å². The van der Waals surface area contributed by atoms with Crippen molar-refractivity contribution in [3.05, 3.63) is 54.2 Å². The minimum atomic E-state index is 1.07. The predicted octanol–water partition coefficient (Wildman–Crippen LogP) is 5.01. The van der Waals surface area contributed by atoms with Crippen LogP contribution in [0.15, 0.2) is 54.2 Å². The Morgan fingerprint density at radius 3 is 2.84 bits per heavy atom. The molecule has 1 aliphatic rings. The zero-order valence-corrected chi connectivity index (χ0v) is 15.0. The largest absolute Gasteiger partial charge is 0.346 e. The first-order valence-corrected chi connectivity index (χ1v) is 9.90. The van der Waals surface area contributed by atoms with Crippen LogP contribution in [-0.2, 0) is 6.54 Å². The number of hydrogen-bond donors (Lipinski definition) is 0. The van der Waals surface area contributed by atoms with E-state index in [-0.39, 0.29) is 0 Å². The first-order valence-electron chi connectivity index (χ1n) is 9.02. The van der Waals surface area contributed by atoms with Gasteiger partial charge in [-0.1, -0.05) is 18.2 Å². The molecule has 126 valence electrons. The molecule has 0 amide bonds. The van der Waals surface area contributed by atoms with Crippen LogP contribution in [-0.4, -0.2) is 34.1 Å². The minimum Gasteiger partial charge on any atom is -0.346 e. The molecule has 0 aliphatic carbocycles. The Balaban J connectivity index is 1.51. The fourth-order valence-corrected chi connectivity index (χ4v) is 4.66. The number of benzene rings is 2. The molecule has 0 bridgehead atoms. The summed E-state index contributed by atoms with van der Waals surface area (Å²) in [6, 6.07) is 15.5. The van der Waals surface area contributed by atoms with Crippen LogP contribution in [0.1, 0.15) is 12.8 Å². The topological polar surface area (TPSA) is 21.1 Å². The molecule has 0 unspecified atom stereocenters. The predicted molar refractivity (Wildman–Crippen MR) is 106 cm³/mol. The Kier molecular flexibility index (Phi) is 3.80. The third-order valence-electron chi connectivity index (χ3n) is 5.31. The number of aromatic nitrogens is 2. The highest BCUT2D eigenvalue weighted by Gasteiger charge is 2.12. The van der Waals surface area contributed by atoms with Crippen molar-refractivity contribution in [2.45, 2.75) is 19.4 Å². The van der Waals surface area contributed by atoms with Gasteiger partial charge in [-0.2, -0.15) is 0 Å². The molecule has 3 nitrogen and oxygen atoms in total. The monoisotopic (exact) mass is 347 g/mol. The maximum Gasteiger partial charge on any atom is 0.0812 e. The molecule has 2 aromatic heterocycles. The lowest BCUT2D eigenvalue weighted by molar-refractivity contribution is 0.324. The van der Waals surface area contributed by atoms with Gasteiger partial charge in [0.2, 0.25) is 0 Å². The highest BCUT2D eigenvalue weighted by molar-refractivity contribution is 7.16. The summed E-state index contributed by atoms with van der Waals surface area (Å²) >= 11 is 1.71. The summed E-state index contributed by atoms with van der Waals surface area (Å²) in [7, 11) is 0. The second-order valence-corrected chi connectivity index (χ2v) is 7.72. The van der Waals surface area contributed by atoms with Gasteiger partial charge >= 0.3 is 0 Å². The van der Waals surface area contributed by atoms with E-state index in [1.54, 1.807) is 11.3 Å². The van der Waals surface area contributed by atoms with Crippen LogP contribution < -0.4 is 0 Å². The first kappa shape index (κ1) is 15.1. The number of likely N-dealkylation sites (tertiary alicyclic amines) is 1. The van der Waals surface area contributed by atoms with E-state index in [2.05, 4.69) is 63.1 Å². The summed E-state index contributed by atoms with van der Waals surface area (Å²) in [5, 5.41) is 1.34. The average molecular weight is 347 g/mol. The van der Waals surface area contributed by atoms with Crippen LogP contribution in [0.5, 0.6) is 0 Å². The SMILES string of the molecule is c1cc(-c2ccc3ncsc3c2)c2ccn(CCN3CCCC3)c2c1. The van der Waals surface area contributed by atoms with Gasteiger partial charge in [0.05, 0.1) is 15.7 Å². The van der Waals surface area contributed by atoms with E-state index in [0.29, 0.717) is 0 Å². The smallest absolute Gasteiger partial charge is 0.0812 e. The van der Waals surface area contributed by atoms with Crippen LogP contribution in [0, 0.1) is 0 Å². The van der Waals surface area contributed by atoms with Crippen molar-refractivity contribution < 1.29 is 0 Å². The van der Waals surface area contributed by atoms with Crippen molar-refractivity contribution in [3.63, 3.8) is 0 Å². The molecule has 0 saturated carbocycles. The number of hydrogen-bond acceptors (Lipinski definition) is 3. The summed E-state index contributed by atoms with van der Waals surface area (Å²) in [5.41, 5.74) is 6.93. The van der Waals surface area contributed by atoms with E-state index < -0.39 is 0 Å². The lowest BCUT2D eigenvalue weighted by Gasteiger charge is -2.15. The fourth-order valence-electron chi connectivity index (χ4n) is 3.95. The first-order chi connectivity index (χ1) is 12.4. The number of rotatable bonds is 4. The molecule has 0 N–H and O–H groups in total. The maximum absolute atomic E-state index is 4.39. The number of thiazole rings is 1. The Morgan fingerprint density at radius 2 is 1.92 bits per heavy atom. The minimum absolute atomic E-state index is 1.07. The molecule has 2 aromatic carbocycles. The van der Waals surface area contributed by atoms with Crippen molar-refractivity contribution in [2.24, 2.45) is 0 Å². The summed E-state index contributed by atoms with van der Waals surface area (Å²) in [6.07, 6.45) is 4.96. The summed E-state index contributed by atoms with van der Waals surface area (Å²) in [5.74, 6) is 0. The highest BCUT2D eigenvalue weighted by Crippen LogP contribution is 2.32. The second-order valence-electron chi connectivity index (χ2n) is 6.83. The zero-order valence-electron chi connectivity index (χ0n) is 14.2. The third-order valence-corrected chi connectivity index (χ3v) is 6.10. The average Bonchev–Trinajstić information content (AvgIpc) is 3.39. The molecule has 1 fully saturated rings.